The van der Waals surface area contributed by atoms with Crippen LogP contribution in [-0.4, -0.2) is 52.2 Å². The molecule has 0 heterocycles. The predicted molar refractivity (Wildman–Crippen MR) is 145 cm³/mol. The van der Waals surface area contributed by atoms with Gasteiger partial charge in [0.1, 0.15) is 35.7 Å². The number of benzene rings is 3. The van der Waals surface area contributed by atoms with E-state index in [1.165, 1.54) is 49.6 Å². The topological polar surface area (TPSA) is 111 Å². The van der Waals surface area contributed by atoms with Gasteiger partial charge in [-0.05, 0) is 66.8 Å². The van der Waals surface area contributed by atoms with Crippen LogP contribution in [0.2, 0.25) is 0 Å². The summed E-state index contributed by atoms with van der Waals surface area (Å²) in [4.78, 5) is 14.1. The first kappa shape index (κ1) is 31.1. The standard InChI is InChI=1S/C29H29F4NO7S/c1-39-23-14-21(15-24(16-23)42(2,37)38)34-27(25-8-6-20(30)13-26(25)40-10-9-35)28(36)18-4-3-17-5-7-22(12-19(17)11-18)41-29(31,32)33/h5-8,12-16,18,27,34-35H,3-4,9-11H2,1-2H3. The van der Waals surface area contributed by atoms with E-state index in [0.29, 0.717) is 18.4 Å². The van der Waals surface area contributed by atoms with Crippen molar-refractivity contribution in [2.45, 2.75) is 36.6 Å². The Morgan fingerprint density at radius 2 is 1.83 bits per heavy atom. The third-order valence-electron chi connectivity index (χ3n) is 6.82. The highest BCUT2D eigenvalue weighted by Crippen LogP contribution is 2.37. The van der Waals surface area contributed by atoms with Gasteiger partial charge in [-0.1, -0.05) is 6.07 Å². The number of nitrogens with one attached hydrogen (secondary N) is 1. The highest BCUT2D eigenvalue weighted by molar-refractivity contribution is 7.90. The Kier molecular flexibility index (Phi) is 9.31. The molecule has 2 unspecified atom stereocenters. The molecule has 8 nitrogen and oxygen atoms in total. The highest BCUT2D eigenvalue weighted by atomic mass is 32.2. The first-order chi connectivity index (χ1) is 19.8. The smallest absolute Gasteiger partial charge is 0.497 e. The number of sulfone groups is 1. The van der Waals surface area contributed by atoms with Gasteiger partial charge in [-0.2, -0.15) is 0 Å². The Morgan fingerprint density at radius 3 is 2.50 bits per heavy atom. The first-order valence-corrected chi connectivity index (χ1v) is 14.8. The summed E-state index contributed by atoms with van der Waals surface area (Å²) in [6.45, 7) is -0.565. The minimum atomic E-state index is -4.87. The quantitative estimate of drug-likeness (QED) is 0.291. The van der Waals surface area contributed by atoms with Crippen LogP contribution in [0.5, 0.6) is 17.2 Å². The van der Waals surface area contributed by atoms with Gasteiger partial charge in [0.25, 0.3) is 0 Å². The molecule has 3 aromatic rings. The average molecular weight is 612 g/mol. The molecular weight excluding hydrogens is 582 g/mol. The van der Waals surface area contributed by atoms with Gasteiger partial charge in [0.15, 0.2) is 15.6 Å². The number of aliphatic hydroxyl groups is 1. The third kappa shape index (κ3) is 7.71. The van der Waals surface area contributed by atoms with Crippen molar-refractivity contribution in [2.75, 3.05) is 31.9 Å². The number of carbonyl (C=O) groups excluding carboxylic acids is 1. The van der Waals surface area contributed by atoms with E-state index in [0.717, 1.165) is 24.0 Å². The van der Waals surface area contributed by atoms with E-state index in [9.17, 15) is 35.9 Å². The number of ketones is 1. The minimum absolute atomic E-state index is 0.0156. The number of aliphatic hydroxyl groups excluding tert-OH is 1. The summed E-state index contributed by atoms with van der Waals surface area (Å²) >= 11 is 0. The highest BCUT2D eigenvalue weighted by Gasteiger charge is 2.35. The van der Waals surface area contributed by atoms with Crippen LogP contribution in [0.3, 0.4) is 0 Å². The van der Waals surface area contributed by atoms with E-state index in [1.807, 2.05) is 0 Å². The van der Waals surface area contributed by atoms with Crippen molar-refractivity contribution in [3.8, 4) is 17.2 Å². The van der Waals surface area contributed by atoms with Gasteiger partial charge in [-0.25, -0.2) is 12.8 Å². The number of rotatable bonds is 11. The molecule has 0 amide bonds. The molecule has 2 atom stereocenters. The summed E-state index contributed by atoms with van der Waals surface area (Å²) in [5.74, 6) is -1.92. The molecule has 0 saturated heterocycles. The minimum Gasteiger partial charge on any atom is -0.497 e. The average Bonchev–Trinajstić information content (AvgIpc) is 2.92. The molecule has 0 aromatic heterocycles. The fourth-order valence-corrected chi connectivity index (χ4v) is 5.56. The van der Waals surface area contributed by atoms with Crippen molar-refractivity contribution >= 4 is 21.3 Å². The zero-order valence-electron chi connectivity index (χ0n) is 22.7. The zero-order valence-corrected chi connectivity index (χ0v) is 23.5. The Bertz CT molecular complexity index is 1560. The molecule has 0 saturated carbocycles. The van der Waals surface area contributed by atoms with Crippen LogP contribution in [0.1, 0.15) is 29.2 Å². The number of fused-ring (bicyclic) bond motifs is 1. The number of ether oxygens (including phenoxy) is 3. The summed E-state index contributed by atoms with van der Waals surface area (Å²) in [6, 6.07) is 10.5. The number of hydrogen-bond acceptors (Lipinski definition) is 8. The maximum atomic E-state index is 14.2. The Hall–Kier alpha value is -3.84. The van der Waals surface area contributed by atoms with Crippen LogP contribution in [0, 0.1) is 11.7 Å². The summed E-state index contributed by atoms with van der Waals surface area (Å²) in [5.41, 5.74) is 1.75. The van der Waals surface area contributed by atoms with Gasteiger partial charge in [0.05, 0.1) is 18.6 Å². The van der Waals surface area contributed by atoms with E-state index in [1.54, 1.807) is 0 Å². The summed E-state index contributed by atoms with van der Waals surface area (Å²) in [7, 11) is -2.32. The maximum Gasteiger partial charge on any atom is 0.573 e. The lowest BCUT2D eigenvalue weighted by Gasteiger charge is -2.29. The second-order valence-electron chi connectivity index (χ2n) is 9.82. The normalized spacial score (nSPS) is 15.8. The monoisotopic (exact) mass is 611 g/mol. The van der Waals surface area contributed by atoms with Crippen LogP contribution in [0.15, 0.2) is 59.5 Å². The molecule has 0 spiro atoms. The fraction of sp³-hybridized carbons (Fsp3) is 0.345. The first-order valence-electron chi connectivity index (χ1n) is 12.9. The molecule has 226 valence electrons. The second kappa shape index (κ2) is 12.6. The van der Waals surface area contributed by atoms with Crippen molar-refractivity contribution in [1.29, 1.82) is 0 Å². The second-order valence-corrected chi connectivity index (χ2v) is 11.8. The molecule has 1 aliphatic carbocycles. The van der Waals surface area contributed by atoms with Gasteiger partial charge in [0.2, 0.25) is 0 Å². The van der Waals surface area contributed by atoms with Crippen LogP contribution >= 0.6 is 0 Å². The van der Waals surface area contributed by atoms with Crippen LogP contribution in [0.4, 0.5) is 23.2 Å². The molecule has 0 bridgehead atoms. The van der Waals surface area contributed by atoms with Gasteiger partial charge in [-0.15, -0.1) is 13.2 Å². The molecule has 13 heteroatoms. The third-order valence-corrected chi connectivity index (χ3v) is 7.91. The number of carbonyl (C=O) groups is 1. The van der Waals surface area contributed by atoms with E-state index in [4.69, 9.17) is 9.47 Å². The number of aryl methyl sites for hydroxylation is 1. The molecule has 4 rings (SSSR count). The largest absolute Gasteiger partial charge is 0.573 e. The molecule has 0 aliphatic heterocycles. The molecular formula is C29H29F4NO7S. The summed E-state index contributed by atoms with van der Waals surface area (Å²) in [6.07, 6.45) is -2.95. The van der Waals surface area contributed by atoms with Crippen LogP contribution < -0.4 is 19.5 Å². The summed E-state index contributed by atoms with van der Waals surface area (Å²) in [5, 5.41) is 12.3. The Labute approximate surface area is 240 Å². The van der Waals surface area contributed by atoms with Gasteiger partial charge in [0, 0.05) is 35.6 Å². The van der Waals surface area contributed by atoms with E-state index < -0.39 is 39.7 Å². The lowest BCUT2D eigenvalue weighted by Crippen LogP contribution is -2.32. The van der Waals surface area contributed by atoms with Crippen molar-refractivity contribution < 1.29 is 50.1 Å². The van der Waals surface area contributed by atoms with Crippen molar-refractivity contribution in [3.05, 3.63) is 77.1 Å². The number of alkyl halides is 3. The molecule has 1 aliphatic rings. The van der Waals surface area contributed by atoms with Gasteiger partial charge >= 0.3 is 6.36 Å². The predicted octanol–water partition coefficient (Wildman–Crippen LogP) is 5.03. The fourth-order valence-electron chi connectivity index (χ4n) is 4.89. The number of anilines is 1. The molecule has 2 N–H and O–H groups in total. The van der Waals surface area contributed by atoms with E-state index in [-0.39, 0.29) is 53.1 Å². The maximum absolute atomic E-state index is 14.2. The summed E-state index contributed by atoms with van der Waals surface area (Å²) < 4.78 is 92.1. The number of Topliss-reactive ketones (excluding diaryl/α,β-unsaturated/α-hetero) is 1. The molecule has 0 fully saturated rings. The number of hydrogen-bond donors (Lipinski definition) is 2. The van der Waals surface area contributed by atoms with Crippen LogP contribution in [0.25, 0.3) is 0 Å². The molecule has 42 heavy (non-hydrogen) atoms. The number of halogens is 4. The Morgan fingerprint density at radius 1 is 1.07 bits per heavy atom. The van der Waals surface area contributed by atoms with Crippen LogP contribution in [-0.2, 0) is 27.5 Å². The van der Waals surface area contributed by atoms with Crippen molar-refractivity contribution in [3.63, 3.8) is 0 Å². The SMILES string of the molecule is COc1cc(NC(C(=O)C2CCc3ccc(OC(F)(F)F)cc3C2)c2ccc(F)cc2OCCO)cc(S(C)(=O)=O)c1. The van der Waals surface area contributed by atoms with E-state index >= 15 is 0 Å². The lowest BCUT2D eigenvalue weighted by atomic mass is 9.78. The van der Waals surface area contributed by atoms with Crippen molar-refractivity contribution in [1.82, 2.24) is 0 Å². The van der Waals surface area contributed by atoms with Gasteiger partial charge < -0.3 is 24.6 Å². The van der Waals surface area contributed by atoms with Crippen molar-refractivity contribution in [2.24, 2.45) is 5.92 Å². The molecule has 3 aromatic carbocycles. The van der Waals surface area contributed by atoms with E-state index in [2.05, 4.69) is 10.1 Å². The van der Waals surface area contributed by atoms with Gasteiger partial charge in [-0.3, -0.25) is 4.79 Å². The molecule has 0 radical (unpaired) electrons. The zero-order chi connectivity index (χ0) is 30.7. The number of methoxy groups -OCH3 is 1. The lowest BCUT2D eigenvalue weighted by molar-refractivity contribution is -0.274. The Balaban J connectivity index is 1.74.